The predicted octanol–water partition coefficient (Wildman–Crippen LogP) is 2.98. The van der Waals surface area contributed by atoms with Crippen LogP contribution in [0.5, 0.6) is 23.0 Å². The number of benzene rings is 2. The number of carbonyl (C=O) groups excluding carboxylic acids is 1. The van der Waals surface area contributed by atoms with Gasteiger partial charge in [-0.3, -0.25) is 0 Å². The van der Waals surface area contributed by atoms with Crippen molar-refractivity contribution in [3.8, 4) is 23.0 Å². The molecule has 0 fully saturated rings. The number of aryl methyl sites for hydroxylation is 1. The minimum absolute atomic E-state index is 0.0471. The van der Waals surface area contributed by atoms with E-state index in [4.69, 9.17) is 4.74 Å². The van der Waals surface area contributed by atoms with Gasteiger partial charge in [-0.15, -0.1) is 0 Å². The fourth-order valence-electron chi connectivity index (χ4n) is 1.96. The zero-order chi connectivity index (χ0) is 15.4. The summed E-state index contributed by atoms with van der Waals surface area (Å²) < 4.78 is 5.29. The number of phenolic OH excluding ortho intramolecular Hbond substituents is 3. The lowest BCUT2D eigenvalue weighted by atomic mass is 10.1. The predicted molar refractivity (Wildman–Crippen MR) is 76.8 cm³/mol. The third-order valence-corrected chi connectivity index (χ3v) is 3.00. The third kappa shape index (κ3) is 3.25. The Hall–Kier alpha value is -2.69. The van der Waals surface area contributed by atoms with E-state index in [1.165, 1.54) is 0 Å². The van der Waals surface area contributed by atoms with Crippen LogP contribution in [-0.4, -0.2) is 21.3 Å². The van der Waals surface area contributed by atoms with Gasteiger partial charge in [-0.1, -0.05) is 31.5 Å². The van der Waals surface area contributed by atoms with Crippen LogP contribution in [0.15, 0.2) is 36.4 Å². The molecule has 21 heavy (non-hydrogen) atoms. The Kier molecular flexibility index (Phi) is 4.33. The summed E-state index contributed by atoms with van der Waals surface area (Å²) in [6.07, 6.45) is 1.69. The number of rotatable bonds is 4. The summed E-state index contributed by atoms with van der Waals surface area (Å²) in [7, 11) is 0. The molecule has 2 aromatic rings. The van der Waals surface area contributed by atoms with Crippen LogP contribution in [-0.2, 0) is 6.42 Å². The monoisotopic (exact) mass is 288 g/mol. The van der Waals surface area contributed by atoms with Crippen LogP contribution in [0.25, 0.3) is 0 Å². The van der Waals surface area contributed by atoms with Gasteiger partial charge < -0.3 is 20.1 Å². The average Bonchev–Trinajstić information content (AvgIpc) is 2.46. The molecule has 0 aliphatic carbocycles. The Labute approximate surface area is 122 Å². The molecule has 0 aromatic heterocycles. The number of aromatic hydroxyl groups is 3. The third-order valence-electron chi connectivity index (χ3n) is 3.00. The van der Waals surface area contributed by atoms with Crippen molar-refractivity contribution in [1.29, 1.82) is 0 Å². The number of para-hydroxylation sites is 1. The summed E-state index contributed by atoms with van der Waals surface area (Å²) in [5, 5.41) is 28.1. The largest absolute Gasteiger partial charge is 0.504 e. The number of hydrogen-bond acceptors (Lipinski definition) is 5. The Morgan fingerprint density at radius 3 is 2.33 bits per heavy atom. The van der Waals surface area contributed by atoms with Crippen molar-refractivity contribution in [3.05, 3.63) is 47.5 Å². The second-order valence-corrected chi connectivity index (χ2v) is 4.61. The van der Waals surface area contributed by atoms with Gasteiger partial charge >= 0.3 is 5.97 Å². The van der Waals surface area contributed by atoms with E-state index < -0.39 is 23.2 Å². The first-order valence-electron chi connectivity index (χ1n) is 6.58. The van der Waals surface area contributed by atoms with Crippen molar-refractivity contribution in [3.63, 3.8) is 0 Å². The van der Waals surface area contributed by atoms with Gasteiger partial charge in [0.15, 0.2) is 17.2 Å². The van der Waals surface area contributed by atoms with E-state index in [0.717, 1.165) is 30.5 Å². The number of hydrogen-bond donors (Lipinski definition) is 3. The van der Waals surface area contributed by atoms with Gasteiger partial charge in [-0.25, -0.2) is 4.79 Å². The Morgan fingerprint density at radius 1 is 1.10 bits per heavy atom. The molecule has 0 aliphatic rings. The maximum absolute atomic E-state index is 12.1. The standard InChI is InChI=1S/C16H16O5/c1-2-5-10-6-3-4-7-14(10)21-16(20)11-8-12(17)15(19)13(18)9-11/h3-4,6-9,17-19H,2,5H2,1H3. The molecule has 5 nitrogen and oxygen atoms in total. The molecule has 3 N–H and O–H groups in total. The van der Waals surface area contributed by atoms with Gasteiger partial charge in [0.1, 0.15) is 5.75 Å². The van der Waals surface area contributed by atoms with E-state index in [1.54, 1.807) is 12.1 Å². The van der Waals surface area contributed by atoms with Crippen molar-refractivity contribution in [2.75, 3.05) is 0 Å². The molecule has 0 saturated carbocycles. The fourth-order valence-corrected chi connectivity index (χ4v) is 1.96. The van der Waals surface area contributed by atoms with E-state index in [-0.39, 0.29) is 5.56 Å². The lowest BCUT2D eigenvalue weighted by molar-refractivity contribution is 0.0732. The molecule has 0 radical (unpaired) electrons. The molecule has 0 heterocycles. The van der Waals surface area contributed by atoms with Gasteiger partial charge in [0.2, 0.25) is 0 Å². The van der Waals surface area contributed by atoms with Crippen LogP contribution in [0.4, 0.5) is 0 Å². The quantitative estimate of drug-likeness (QED) is 0.457. The van der Waals surface area contributed by atoms with Crippen molar-refractivity contribution in [2.24, 2.45) is 0 Å². The Bertz CT molecular complexity index is 640. The molecule has 110 valence electrons. The highest BCUT2D eigenvalue weighted by Crippen LogP contribution is 2.35. The molecule has 2 rings (SSSR count). The minimum atomic E-state index is -0.718. The van der Waals surface area contributed by atoms with Crippen molar-refractivity contribution < 1.29 is 24.9 Å². The van der Waals surface area contributed by atoms with Gasteiger partial charge in [-0.2, -0.15) is 0 Å². The van der Waals surface area contributed by atoms with E-state index in [0.29, 0.717) is 5.75 Å². The van der Waals surface area contributed by atoms with Crippen LogP contribution in [0.3, 0.4) is 0 Å². The molecule has 0 bridgehead atoms. The van der Waals surface area contributed by atoms with Crippen LogP contribution < -0.4 is 4.74 Å². The summed E-state index contributed by atoms with van der Waals surface area (Å²) in [6.45, 7) is 2.02. The lowest BCUT2D eigenvalue weighted by Crippen LogP contribution is -2.09. The highest BCUT2D eigenvalue weighted by molar-refractivity contribution is 5.92. The first-order chi connectivity index (χ1) is 10.0. The van der Waals surface area contributed by atoms with Crippen LogP contribution in [0, 0.1) is 0 Å². The molecule has 0 atom stereocenters. The summed E-state index contributed by atoms with van der Waals surface area (Å²) in [5.41, 5.74) is 0.856. The first kappa shape index (κ1) is 14.7. The van der Waals surface area contributed by atoms with Crippen LogP contribution in [0.2, 0.25) is 0 Å². The Balaban J connectivity index is 2.26. The highest BCUT2D eigenvalue weighted by Gasteiger charge is 2.16. The van der Waals surface area contributed by atoms with E-state index in [9.17, 15) is 20.1 Å². The molecule has 0 saturated heterocycles. The van der Waals surface area contributed by atoms with E-state index >= 15 is 0 Å². The minimum Gasteiger partial charge on any atom is -0.504 e. The lowest BCUT2D eigenvalue weighted by Gasteiger charge is -2.10. The summed E-state index contributed by atoms with van der Waals surface area (Å²) in [5.74, 6) is -2.11. The molecule has 0 spiro atoms. The van der Waals surface area contributed by atoms with Crippen LogP contribution >= 0.6 is 0 Å². The van der Waals surface area contributed by atoms with Crippen molar-refractivity contribution >= 4 is 5.97 Å². The summed E-state index contributed by atoms with van der Waals surface area (Å²) in [6, 6.07) is 9.26. The van der Waals surface area contributed by atoms with Crippen molar-refractivity contribution in [1.82, 2.24) is 0 Å². The number of carbonyl (C=O) groups is 1. The van der Waals surface area contributed by atoms with E-state index in [1.807, 2.05) is 19.1 Å². The fraction of sp³-hybridized carbons (Fsp3) is 0.188. The zero-order valence-corrected chi connectivity index (χ0v) is 11.5. The maximum atomic E-state index is 12.1. The smallest absolute Gasteiger partial charge is 0.343 e. The number of phenols is 3. The first-order valence-corrected chi connectivity index (χ1v) is 6.58. The topological polar surface area (TPSA) is 87.0 Å². The van der Waals surface area contributed by atoms with Crippen LogP contribution in [0.1, 0.15) is 29.3 Å². The van der Waals surface area contributed by atoms with Gasteiger partial charge in [0.25, 0.3) is 0 Å². The van der Waals surface area contributed by atoms with Gasteiger partial charge in [0.05, 0.1) is 5.56 Å². The molecular weight excluding hydrogens is 272 g/mol. The normalized spacial score (nSPS) is 10.3. The average molecular weight is 288 g/mol. The Morgan fingerprint density at radius 2 is 1.71 bits per heavy atom. The number of ether oxygens (including phenoxy) is 1. The zero-order valence-electron chi connectivity index (χ0n) is 11.5. The molecule has 2 aromatic carbocycles. The molecular formula is C16H16O5. The number of esters is 1. The highest BCUT2D eigenvalue weighted by atomic mass is 16.5. The molecule has 5 heteroatoms. The van der Waals surface area contributed by atoms with E-state index in [2.05, 4.69) is 0 Å². The summed E-state index contributed by atoms with van der Waals surface area (Å²) >= 11 is 0. The second-order valence-electron chi connectivity index (χ2n) is 4.61. The maximum Gasteiger partial charge on any atom is 0.343 e. The van der Waals surface area contributed by atoms with Crippen molar-refractivity contribution in [2.45, 2.75) is 19.8 Å². The SMILES string of the molecule is CCCc1ccccc1OC(=O)c1cc(O)c(O)c(O)c1. The second kappa shape index (κ2) is 6.17. The molecule has 0 amide bonds. The summed E-state index contributed by atoms with van der Waals surface area (Å²) in [4.78, 5) is 12.1. The van der Waals surface area contributed by atoms with Gasteiger partial charge in [-0.05, 0) is 30.2 Å². The van der Waals surface area contributed by atoms with Gasteiger partial charge in [0, 0.05) is 0 Å². The molecule has 0 aliphatic heterocycles. The molecule has 0 unspecified atom stereocenters.